The lowest BCUT2D eigenvalue weighted by Gasteiger charge is -2.24. The van der Waals surface area contributed by atoms with E-state index in [1.165, 1.54) is 11.2 Å². The molecule has 2 unspecified atom stereocenters. The van der Waals surface area contributed by atoms with Crippen molar-refractivity contribution in [2.45, 2.75) is 51.8 Å². The molecular weight excluding hydrogens is 458 g/mol. The van der Waals surface area contributed by atoms with Crippen molar-refractivity contribution in [3.63, 3.8) is 0 Å². The average molecular weight is 488 g/mol. The maximum Gasteiger partial charge on any atom is 0.296 e. The molecule has 3 aromatic rings. The van der Waals surface area contributed by atoms with E-state index in [1.54, 1.807) is 24.3 Å². The van der Waals surface area contributed by atoms with Gasteiger partial charge in [-0.25, -0.2) is 0 Å². The Balaban J connectivity index is 1.55. The van der Waals surface area contributed by atoms with E-state index >= 15 is 0 Å². The van der Waals surface area contributed by atoms with Crippen LogP contribution in [0.2, 0.25) is 0 Å². The second-order valence-corrected chi connectivity index (χ2v) is 9.23. The molecule has 1 saturated heterocycles. The topological polar surface area (TPSA) is 89.2 Å². The highest BCUT2D eigenvalue weighted by molar-refractivity contribution is 6.46. The first-order valence-electron chi connectivity index (χ1n) is 12.3. The maximum atomic E-state index is 13.3. The number of ketones is 1. The van der Waals surface area contributed by atoms with Crippen molar-refractivity contribution in [2.75, 3.05) is 6.61 Å². The van der Waals surface area contributed by atoms with Crippen LogP contribution >= 0.6 is 0 Å². The average Bonchev–Trinajstić information content (AvgIpc) is 3.58. The molecule has 3 heterocycles. The third kappa shape index (κ3) is 4.49. The number of unbranched alkanes of at least 4 members (excludes halogenated alkanes) is 1. The first-order chi connectivity index (χ1) is 17.5. The minimum atomic E-state index is -0.775. The molecule has 7 nitrogen and oxygen atoms in total. The Kier molecular flexibility index (Phi) is 6.55. The Hall–Kier alpha value is -4.00. The van der Waals surface area contributed by atoms with Gasteiger partial charge in [-0.2, -0.15) is 0 Å². The van der Waals surface area contributed by atoms with E-state index < -0.39 is 17.7 Å². The summed E-state index contributed by atoms with van der Waals surface area (Å²) in [6, 6.07) is 15.4. The summed E-state index contributed by atoms with van der Waals surface area (Å²) in [4.78, 5) is 27.9. The zero-order valence-corrected chi connectivity index (χ0v) is 20.4. The van der Waals surface area contributed by atoms with E-state index in [4.69, 9.17) is 13.9 Å². The lowest BCUT2D eigenvalue weighted by atomic mass is 9.94. The number of furan rings is 1. The van der Waals surface area contributed by atoms with Crippen molar-refractivity contribution in [3.8, 4) is 11.5 Å². The first-order valence-corrected chi connectivity index (χ1v) is 12.3. The molecule has 186 valence electrons. The highest BCUT2D eigenvalue weighted by atomic mass is 16.5. The van der Waals surface area contributed by atoms with Crippen LogP contribution in [0.4, 0.5) is 0 Å². The number of carbonyl (C=O) groups excluding carboxylic acids is 2. The number of amides is 1. The number of aliphatic hydroxyl groups is 1. The molecule has 0 aliphatic carbocycles. The predicted molar refractivity (Wildman–Crippen MR) is 134 cm³/mol. The Bertz CT molecular complexity index is 1290. The van der Waals surface area contributed by atoms with Crippen molar-refractivity contribution in [1.82, 2.24) is 4.90 Å². The normalized spacial score (nSPS) is 20.4. The van der Waals surface area contributed by atoms with Gasteiger partial charge in [-0.1, -0.05) is 25.5 Å². The van der Waals surface area contributed by atoms with Gasteiger partial charge in [0.05, 0.1) is 31.0 Å². The number of hydrogen-bond donors (Lipinski definition) is 1. The highest BCUT2D eigenvalue weighted by Gasteiger charge is 2.46. The maximum absolute atomic E-state index is 13.3. The molecule has 2 aliphatic heterocycles. The van der Waals surface area contributed by atoms with Gasteiger partial charge in [0.1, 0.15) is 29.1 Å². The predicted octanol–water partition coefficient (Wildman–Crippen LogP) is 5.40. The minimum Gasteiger partial charge on any atom is -0.507 e. The fourth-order valence-electron chi connectivity index (χ4n) is 4.77. The zero-order valence-electron chi connectivity index (χ0n) is 20.4. The summed E-state index contributed by atoms with van der Waals surface area (Å²) < 4.78 is 17.0. The van der Waals surface area contributed by atoms with Gasteiger partial charge in [0, 0.05) is 12.0 Å². The second-order valence-electron chi connectivity index (χ2n) is 9.23. The number of nitrogens with zero attached hydrogens (tertiary/aromatic N) is 1. The lowest BCUT2D eigenvalue weighted by Crippen LogP contribution is -2.29. The number of hydrogen-bond acceptors (Lipinski definition) is 6. The van der Waals surface area contributed by atoms with Crippen LogP contribution in [0.5, 0.6) is 11.5 Å². The molecule has 0 radical (unpaired) electrons. The van der Waals surface area contributed by atoms with Gasteiger partial charge in [-0.15, -0.1) is 0 Å². The summed E-state index contributed by atoms with van der Waals surface area (Å²) in [5.74, 6) is 0.420. The first kappa shape index (κ1) is 23.7. The molecule has 0 spiro atoms. The second kappa shape index (κ2) is 9.93. The molecule has 1 amide bonds. The number of benzene rings is 2. The van der Waals surface area contributed by atoms with Crippen LogP contribution < -0.4 is 9.47 Å². The van der Waals surface area contributed by atoms with Crippen molar-refractivity contribution >= 4 is 17.4 Å². The van der Waals surface area contributed by atoms with E-state index in [9.17, 15) is 14.7 Å². The molecule has 1 N–H and O–H groups in total. The van der Waals surface area contributed by atoms with E-state index in [1.807, 2.05) is 37.3 Å². The van der Waals surface area contributed by atoms with E-state index in [-0.39, 0.29) is 24.0 Å². The van der Waals surface area contributed by atoms with E-state index in [2.05, 4.69) is 6.92 Å². The number of carbonyl (C=O) groups is 2. The van der Waals surface area contributed by atoms with Crippen molar-refractivity contribution < 1.29 is 28.6 Å². The molecule has 1 fully saturated rings. The quantitative estimate of drug-likeness (QED) is 0.198. The molecule has 0 saturated carbocycles. The van der Waals surface area contributed by atoms with Gasteiger partial charge in [0.15, 0.2) is 0 Å². The number of rotatable bonds is 8. The third-order valence-electron chi connectivity index (χ3n) is 6.58. The molecule has 2 atom stereocenters. The standard InChI is InChI=1S/C29H29NO6/c1-3-4-13-34-22-10-7-19(8-11-22)26-25(28(32)29(33)30(26)17-23-6-5-14-35-23)27(31)20-9-12-24-21(16-20)15-18(2)36-24/h5-12,14,16,18,26,31H,3-4,13,15,17H2,1-2H3. The van der Waals surface area contributed by atoms with Crippen LogP contribution in [0, 0.1) is 0 Å². The third-order valence-corrected chi connectivity index (χ3v) is 6.58. The fraction of sp³-hybridized carbons (Fsp3) is 0.310. The summed E-state index contributed by atoms with van der Waals surface area (Å²) in [6.07, 6.45) is 4.28. The summed E-state index contributed by atoms with van der Waals surface area (Å²) in [5.41, 5.74) is 2.19. The van der Waals surface area contributed by atoms with Gasteiger partial charge in [0.2, 0.25) is 0 Å². The van der Waals surface area contributed by atoms with Crippen molar-refractivity contribution in [1.29, 1.82) is 0 Å². The molecule has 1 aromatic heterocycles. The number of ether oxygens (including phenoxy) is 2. The summed E-state index contributed by atoms with van der Waals surface area (Å²) >= 11 is 0. The van der Waals surface area contributed by atoms with Crippen LogP contribution in [0.15, 0.2) is 70.9 Å². The molecule has 36 heavy (non-hydrogen) atoms. The van der Waals surface area contributed by atoms with Crippen molar-refractivity contribution in [3.05, 3.63) is 88.9 Å². The van der Waals surface area contributed by atoms with Crippen LogP contribution in [-0.4, -0.2) is 34.4 Å². The Morgan fingerprint density at radius 3 is 2.67 bits per heavy atom. The molecule has 5 rings (SSSR count). The van der Waals surface area contributed by atoms with Gasteiger partial charge in [-0.05, 0) is 66.9 Å². The monoisotopic (exact) mass is 487 g/mol. The van der Waals surface area contributed by atoms with Gasteiger partial charge in [-0.3, -0.25) is 9.59 Å². The largest absolute Gasteiger partial charge is 0.507 e. The number of likely N-dealkylation sites (tertiary alicyclic amines) is 1. The smallest absolute Gasteiger partial charge is 0.296 e. The van der Waals surface area contributed by atoms with E-state index in [0.29, 0.717) is 35.7 Å². The summed E-state index contributed by atoms with van der Waals surface area (Å²) in [5, 5.41) is 11.4. The summed E-state index contributed by atoms with van der Waals surface area (Å²) in [7, 11) is 0. The van der Waals surface area contributed by atoms with Crippen LogP contribution in [-0.2, 0) is 22.6 Å². The highest BCUT2D eigenvalue weighted by Crippen LogP contribution is 2.41. The minimum absolute atomic E-state index is 0.0503. The number of fused-ring (bicyclic) bond motifs is 1. The van der Waals surface area contributed by atoms with E-state index in [0.717, 1.165) is 24.2 Å². The molecule has 2 aliphatic rings. The van der Waals surface area contributed by atoms with Gasteiger partial charge >= 0.3 is 0 Å². The zero-order chi connectivity index (χ0) is 25.2. The van der Waals surface area contributed by atoms with Gasteiger partial charge < -0.3 is 23.9 Å². The Morgan fingerprint density at radius 1 is 1.14 bits per heavy atom. The number of aliphatic hydroxyl groups excluding tert-OH is 1. The molecular formula is C29H29NO6. The lowest BCUT2D eigenvalue weighted by molar-refractivity contribution is -0.140. The van der Waals surface area contributed by atoms with Crippen molar-refractivity contribution in [2.24, 2.45) is 0 Å². The Morgan fingerprint density at radius 2 is 1.94 bits per heavy atom. The molecule has 0 bridgehead atoms. The van der Waals surface area contributed by atoms with Crippen LogP contribution in [0.3, 0.4) is 0 Å². The van der Waals surface area contributed by atoms with Crippen LogP contribution in [0.1, 0.15) is 55.2 Å². The Labute approximate surface area is 209 Å². The van der Waals surface area contributed by atoms with Crippen LogP contribution in [0.25, 0.3) is 5.76 Å². The molecule has 7 heteroatoms. The summed E-state index contributed by atoms with van der Waals surface area (Å²) in [6.45, 7) is 4.80. The van der Waals surface area contributed by atoms with Gasteiger partial charge in [0.25, 0.3) is 11.7 Å². The number of Topliss-reactive ketones (excluding diaryl/α,β-unsaturated/α-hetero) is 1. The fourth-order valence-corrected chi connectivity index (χ4v) is 4.77. The SMILES string of the molecule is CCCCOc1ccc(C2C(=C(O)c3ccc4c(c3)CC(C)O4)C(=O)C(=O)N2Cc2ccco2)cc1. The molecule has 2 aromatic carbocycles.